The Morgan fingerprint density at radius 3 is 2.68 bits per heavy atom. The van der Waals surface area contributed by atoms with Crippen LogP contribution in [0.15, 0.2) is 22.6 Å². The van der Waals surface area contributed by atoms with Crippen LogP contribution in [0.1, 0.15) is 43.5 Å². The molecular weight excluding hydrogens is 282 g/mol. The Labute approximate surface area is 119 Å². The fourth-order valence-electron chi connectivity index (χ4n) is 2.12. The number of hydrogen-bond acceptors (Lipinski definition) is 5. The third-order valence-corrected chi connectivity index (χ3v) is 4.37. The molecule has 2 aliphatic rings. The van der Waals surface area contributed by atoms with Gasteiger partial charge in [-0.3, -0.25) is 4.98 Å². The SMILES string of the molecule is Clc1cncc(Sc2nnc(C3CC3)n2C2CC2)n1. The van der Waals surface area contributed by atoms with Crippen molar-refractivity contribution in [1.29, 1.82) is 0 Å². The summed E-state index contributed by atoms with van der Waals surface area (Å²) in [4.78, 5) is 8.30. The van der Waals surface area contributed by atoms with Crippen molar-refractivity contribution < 1.29 is 0 Å². The first-order chi connectivity index (χ1) is 9.31. The maximum absolute atomic E-state index is 5.86. The number of halogens is 1. The van der Waals surface area contributed by atoms with Gasteiger partial charge in [-0.05, 0) is 37.4 Å². The average Bonchev–Trinajstić information content (AvgIpc) is 3.30. The van der Waals surface area contributed by atoms with E-state index in [9.17, 15) is 0 Å². The van der Waals surface area contributed by atoms with Crippen molar-refractivity contribution >= 4 is 23.4 Å². The third-order valence-electron chi connectivity index (χ3n) is 3.32. The van der Waals surface area contributed by atoms with Gasteiger partial charge in [-0.1, -0.05) is 11.6 Å². The van der Waals surface area contributed by atoms with Gasteiger partial charge in [0.15, 0.2) is 5.16 Å². The van der Waals surface area contributed by atoms with Crippen LogP contribution < -0.4 is 0 Å². The molecule has 4 rings (SSSR count). The van der Waals surface area contributed by atoms with E-state index in [0.717, 1.165) is 16.0 Å². The maximum Gasteiger partial charge on any atom is 0.197 e. The van der Waals surface area contributed by atoms with Crippen molar-refractivity contribution in [3.8, 4) is 0 Å². The van der Waals surface area contributed by atoms with Gasteiger partial charge < -0.3 is 4.57 Å². The first-order valence-electron chi connectivity index (χ1n) is 6.41. The van der Waals surface area contributed by atoms with Gasteiger partial charge in [0.1, 0.15) is 16.0 Å². The Hall–Kier alpha value is -1.14. The van der Waals surface area contributed by atoms with Crippen LogP contribution in [0.3, 0.4) is 0 Å². The van der Waals surface area contributed by atoms with Crippen LogP contribution in [0.2, 0.25) is 5.15 Å². The molecule has 0 unspecified atom stereocenters. The van der Waals surface area contributed by atoms with E-state index in [1.54, 1.807) is 6.20 Å². The molecule has 0 saturated heterocycles. The smallest absolute Gasteiger partial charge is 0.197 e. The van der Waals surface area contributed by atoms with Crippen LogP contribution >= 0.6 is 23.4 Å². The summed E-state index contributed by atoms with van der Waals surface area (Å²) in [6, 6.07) is 0.584. The molecule has 2 aromatic heterocycles. The summed E-state index contributed by atoms with van der Waals surface area (Å²) in [5.41, 5.74) is 0. The van der Waals surface area contributed by atoms with E-state index in [4.69, 9.17) is 11.6 Å². The minimum atomic E-state index is 0.407. The molecule has 7 heteroatoms. The summed E-state index contributed by atoms with van der Waals surface area (Å²) in [7, 11) is 0. The van der Waals surface area contributed by atoms with E-state index in [1.807, 2.05) is 0 Å². The molecule has 0 N–H and O–H groups in total. The quantitative estimate of drug-likeness (QED) is 0.867. The van der Waals surface area contributed by atoms with Crippen molar-refractivity contribution in [2.24, 2.45) is 0 Å². The van der Waals surface area contributed by atoms with Crippen LogP contribution in [-0.4, -0.2) is 24.7 Å². The normalized spacial score (nSPS) is 18.8. The molecule has 2 aromatic rings. The summed E-state index contributed by atoms with van der Waals surface area (Å²) in [6.07, 6.45) is 8.18. The molecule has 19 heavy (non-hydrogen) atoms. The Morgan fingerprint density at radius 1 is 1.16 bits per heavy atom. The van der Waals surface area contributed by atoms with E-state index in [0.29, 0.717) is 17.1 Å². The molecule has 0 aliphatic heterocycles. The summed E-state index contributed by atoms with van der Waals surface area (Å²) >= 11 is 7.36. The van der Waals surface area contributed by atoms with E-state index in [-0.39, 0.29) is 0 Å². The van der Waals surface area contributed by atoms with Gasteiger partial charge in [0, 0.05) is 12.0 Å². The molecule has 98 valence electrons. The number of rotatable bonds is 4. The highest BCUT2D eigenvalue weighted by Crippen LogP contribution is 2.46. The number of nitrogens with zero attached hydrogens (tertiary/aromatic N) is 5. The highest BCUT2D eigenvalue weighted by atomic mass is 35.5. The molecule has 0 radical (unpaired) electrons. The van der Waals surface area contributed by atoms with Crippen LogP contribution in [0.4, 0.5) is 0 Å². The second-order valence-electron chi connectivity index (χ2n) is 5.00. The summed E-state index contributed by atoms with van der Waals surface area (Å²) < 4.78 is 2.30. The van der Waals surface area contributed by atoms with Crippen LogP contribution in [0, 0.1) is 0 Å². The molecular formula is C12H12ClN5S. The molecule has 0 aromatic carbocycles. The Balaban J connectivity index is 1.67. The second-order valence-corrected chi connectivity index (χ2v) is 6.37. The van der Waals surface area contributed by atoms with Crippen molar-refractivity contribution in [2.45, 2.75) is 47.8 Å². The van der Waals surface area contributed by atoms with E-state index in [2.05, 4.69) is 24.7 Å². The van der Waals surface area contributed by atoms with Crippen molar-refractivity contribution in [3.05, 3.63) is 23.4 Å². The lowest BCUT2D eigenvalue weighted by Gasteiger charge is -2.07. The summed E-state index contributed by atoms with van der Waals surface area (Å²) in [6.45, 7) is 0. The van der Waals surface area contributed by atoms with Gasteiger partial charge in [-0.25, -0.2) is 4.98 Å². The summed E-state index contributed by atoms with van der Waals surface area (Å²) in [5, 5.41) is 10.8. The van der Waals surface area contributed by atoms with E-state index < -0.39 is 0 Å². The fourth-order valence-corrected chi connectivity index (χ4v) is 3.19. The monoisotopic (exact) mass is 293 g/mol. The Bertz CT molecular complexity index is 620. The second kappa shape index (κ2) is 4.45. The minimum absolute atomic E-state index is 0.407. The minimum Gasteiger partial charge on any atom is -0.302 e. The molecule has 0 amide bonds. The molecule has 0 atom stereocenters. The van der Waals surface area contributed by atoms with Gasteiger partial charge in [0.2, 0.25) is 0 Å². The van der Waals surface area contributed by atoms with Crippen LogP contribution in [0.25, 0.3) is 0 Å². The zero-order valence-corrected chi connectivity index (χ0v) is 11.7. The predicted molar refractivity (Wildman–Crippen MR) is 71.4 cm³/mol. The highest BCUT2D eigenvalue weighted by Gasteiger charge is 2.36. The van der Waals surface area contributed by atoms with Crippen LogP contribution in [0.5, 0.6) is 0 Å². The topological polar surface area (TPSA) is 56.5 Å². The standard InChI is InChI=1S/C12H12ClN5S/c13-9-5-14-6-10(15-9)19-12-17-16-11(7-1-2-7)18(12)8-3-4-8/h5-8H,1-4H2. The lowest BCUT2D eigenvalue weighted by Crippen LogP contribution is -2.01. The average molecular weight is 294 g/mol. The Morgan fingerprint density at radius 2 is 2.00 bits per heavy atom. The van der Waals surface area contributed by atoms with Gasteiger partial charge in [0.05, 0.1) is 12.4 Å². The van der Waals surface area contributed by atoms with Crippen LogP contribution in [-0.2, 0) is 0 Å². The molecule has 2 aliphatic carbocycles. The lowest BCUT2D eigenvalue weighted by atomic mass is 10.4. The first-order valence-corrected chi connectivity index (χ1v) is 7.61. The zero-order chi connectivity index (χ0) is 12.8. The van der Waals surface area contributed by atoms with Gasteiger partial charge in [-0.15, -0.1) is 10.2 Å². The third kappa shape index (κ3) is 2.34. The summed E-state index contributed by atoms with van der Waals surface area (Å²) in [5.74, 6) is 1.77. The van der Waals surface area contributed by atoms with Gasteiger partial charge in [-0.2, -0.15) is 0 Å². The molecule has 0 spiro atoms. The van der Waals surface area contributed by atoms with Gasteiger partial charge >= 0.3 is 0 Å². The Kier molecular flexibility index (Phi) is 2.73. The fraction of sp³-hybridized carbons (Fsp3) is 0.500. The molecule has 5 nitrogen and oxygen atoms in total. The predicted octanol–water partition coefficient (Wildman–Crippen LogP) is 3.09. The lowest BCUT2D eigenvalue weighted by molar-refractivity contribution is 0.626. The van der Waals surface area contributed by atoms with Crippen molar-refractivity contribution in [2.75, 3.05) is 0 Å². The largest absolute Gasteiger partial charge is 0.302 e. The van der Waals surface area contributed by atoms with Crippen molar-refractivity contribution in [3.63, 3.8) is 0 Å². The van der Waals surface area contributed by atoms with E-state index in [1.165, 1.54) is 43.6 Å². The number of aromatic nitrogens is 5. The molecule has 2 heterocycles. The number of hydrogen-bond donors (Lipinski definition) is 0. The maximum atomic E-state index is 5.86. The first kappa shape index (κ1) is 11.7. The molecule has 2 saturated carbocycles. The molecule has 0 bridgehead atoms. The van der Waals surface area contributed by atoms with Gasteiger partial charge in [0.25, 0.3) is 0 Å². The van der Waals surface area contributed by atoms with E-state index >= 15 is 0 Å². The highest BCUT2D eigenvalue weighted by molar-refractivity contribution is 7.99. The van der Waals surface area contributed by atoms with Crippen molar-refractivity contribution in [1.82, 2.24) is 24.7 Å². The zero-order valence-electron chi connectivity index (χ0n) is 10.2. The molecule has 2 fully saturated rings.